The summed E-state index contributed by atoms with van der Waals surface area (Å²) in [6.07, 6.45) is 5.18. The number of benzene rings is 2. The number of halogens is 4. The number of hydrogen-bond acceptors (Lipinski definition) is 3. The van der Waals surface area contributed by atoms with Crippen LogP contribution in [0.1, 0.15) is 46.9 Å². The largest absolute Gasteiger partial charge is 0.327 e. The van der Waals surface area contributed by atoms with E-state index in [0.717, 1.165) is 36.7 Å². The van der Waals surface area contributed by atoms with Crippen LogP contribution in [0.3, 0.4) is 0 Å². The first-order valence-corrected chi connectivity index (χ1v) is 11.7. The van der Waals surface area contributed by atoms with Gasteiger partial charge in [-0.3, -0.25) is 9.48 Å². The van der Waals surface area contributed by atoms with Gasteiger partial charge in [0.15, 0.2) is 23.3 Å². The molecule has 2 atom stereocenters. The lowest BCUT2D eigenvalue weighted by Gasteiger charge is -2.45. The van der Waals surface area contributed by atoms with E-state index in [1.54, 1.807) is 36.0 Å². The molecule has 1 fully saturated rings. The van der Waals surface area contributed by atoms with E-state index in [-0.39, 0.29) is 23.6 Å². The van der Waals surface area contributed by atoms with E-state index in [1.165, 1.54) is 10.9 Å². The number of nitrogens with zero attached hydrogens (tertiary/aromatic N) is 5. The van der Waals surface area contributed by atoms with E-state index in [9.17, 15) is 22.4 Å². The molecule has 0 saturated carbocycles. The minimum atomic E-state index is -1.51. The molecule has 2 aromatic carbocycles. The van der Waals surface area contributed by atoms with Gasteiger partial charge in [-0.2, -0.15) is 10.2 Å². The normalized spacial score (nSPS) is 18.9. The van der Waals surface area contributed by atoms with Gasteiger partial charge in [0.25, 0.3) is 5.91 Å². The van der Waals surface area contributed by atoms with Gasteiger partial charge >= 0.3 is 0 Å². The summed E-state index contributed by atoms with van der Waals surface area (Å²) in [5, 5.41) is 8.62. The zero-order valence-corrected chi connectivity index (χ0v) is 19.3. The third kappa shape index (κ3) is 3.51. The van der Waals surface area contributed by atoms with Crippen LogP contribution in [0.15, 0.2) is 48.8 Å². The molecule has 184 valence electrons. The van der Waals surface area contributed by atoms with Crippen molar-refractivity contribution in [2.24, 2.45) is 7.05 Å². The van der Waals surface area contributed by atoms with Gasteiger partial charge in [0, 0.05) is 29.8 Å². The predicted molar refractivity (Wildman–Crippen MR) is 122 cm³/mol. The van der Waals surface area contributed by atoms with Gasteiger partial charge in [0.1, 0.15) is 0 Å². The Bertz CT molecular complexity index is 1490. The molecule has 2 aliphatic heterocycles. The molecule has 6 nitrogen and oxygen atoms in total. The summed E-state index contributed by atoms with van der Waals surface area (Å²) in [6.45, 7) is 0. The molecule has 4 aromatic rings. The summed E-state index contributed by atoms with van der Waals surface area (Å²) in [4.78, 5) is 15.6. The van der Waals surface area contributed by atoms with Gasteiger partial charge in [-0.05, 0) is 56.0 Å². The topological polar surface area (TPSA) is 56.0 Å². The van der Waals surface area contributed by atoms with E-state index in [2.05, 4.69) is 10.2 Å². The van der Waals surface area contributed by atoms with Gasteiger partial charge in [-0.1, -0.05) is 6.07 Å². The molecule has 0 radical (unpaired) electrons. The van der Waals surface area contributed by atoms with E-state index < -0.39 is 23.3 Å². The van der Waals surface area contributed by atoms with E-state index in [4.69, 9.17) is 0 Å². The third-order valence-corrected chi connectivity index (χ3v) is 7.08. The quantitative estimate of drug-likeness (QED) is 0.293. The van der Waals surface area contributed by atoms with Crippen LogP contribution in [0.2, 0.25) is 0 Å². The van der Waals surface area contributed by atoms with Crippen LogP contribution >= 0.6 is 0 Å². The molecule has 2 bridgehead atoms. The van der Waals surface area contributed by atoms with Crippen molar-refractivity contribution >= 4 is 5.91 Å². The molecule has 4 heterocycles. The summed E-state index contributed by atoms with van der Waals surface area (Å²) in [6, 6.07) is 8.38. The van der Waals surface area contributed by atoms with Crippen LogP contribution in [-0.2, 0) is 13.5 Å². The monoisotopic (exact) mass is 495 g/mol. The molecule has 10 heteroatoms. The molecule has 0 aliphatic carbocycles. The van der Waals surface area contributed by atoms with Crippen LogP contribution in [0.25, 0.3) is 16.9 Å². The Labute approximate surface area is 203 Å². The number of carbonyl (C=O) groups excluding carboxylic acids is 1. The number of aryl methyl sites for hydroxylation is 1. The standard InChI is InChI=1S/C26H21F4N5O/c1-33-25(15-9-20(28)23(30)21(29)10-15)19-11-18-6-3-7-22(24(19)32-33)35(18)26(36)14-4-2-5-17(8-14)34-13-16(27)12-31-34/h2,4-5,8-10,12-13,18,22H,3,6-7,11H2,1H3. The summed E-state index contributed by atoms with van der Waals surface area (Å²) < 4.78 is 58.0. The highest BCUT2D eigenvalue weighted by Crippen LogP contribution is 2.45. The lowest BCUT2D eigenvalue weighted by molar-refractivity contribution is 0.0392. The SMILES string of the molecule is Cn1nc2c(c1-c1cc(F)c(F)c(F)c1)CC1CCCC2N1C(=O)c1cccc(-n2cc(F)cn2)c1. The van der Waals surface area contributed by atoms with Gasteiger partial charge in [-0.15, -0.1) is 0 Å². The Kier molecular flexibility index (Phi) is 5.20. The van der Waals surface area contributed by atoms with Crippen molar-refractivity contribution < 1.29 is 22.4 Å². The molecule has 36 heavy (non-hydrogen) atoms. The second kappa shape index (κ2) is 8.32. The zero-order valence-electron chi connectivity index (χ0n) is 19.3. The van der Waals surface area contributed by atoms with Crippen LogP contribution in [0.5, 0.6) is 0 Å². The molecular weight excluding hydrogens is 474 g/mol. The van der Waals surface area contributed by atoms with Crippen LogP contribution in [0.4, 0.5) is 17.6 Å². The van der Waals surface area contributed by atoms with Gasteiger partial charge < -0.3 is 4.90 Å². The number of rotatable bonds is 3. The first kappa shape index (κ1) is 22.5. The molecule has 2 unspecified atom stereocenters. The van der Waals surface area contributed by atoms with Gasteiger partial charge in [0.05, 0.1) is 35.5 Å². The molecule has 2 aromatic heterocycles. The van der Waals surface area contributed by atoms with Gasteiger partial charge in [-0.25, -0.2) is 22.2 Å². The maximum Gasteiger partial charge on any atom is 0.254 e. The molecular formula is C26H21F4N5O. The van der Waals surface area contributed by atoms with Gasteiger partial charge in [0.2, 0.25) is 0 Å². The van der Waals surface area contributed by atoms with Crippen molar-refractivity contribution in [1.82, 2.24) is 24.5 Å². The lowest BCUT2D eigenvalue weighted by Crippen LogP contribution is -2.49. The fraction of sp³-hybridized carbons (Fsp3) is 0.269. The van der Waals surface area contributed by atoms with E-state index in [0.29, 0.717) is 35.5 Å². The third-order valence-electron chi connectivity index (χ3n) is 7.08. The first-order chi connectivity index (χ1) is 17.3. The van der Waals surface area contributed by atoms with E-state index >= 15 is 0 Å². The highest BCUT2D eigenvalue weighted by atomic mass is 19.2. The van der Waals surface area contributed by atoms with Crippen molar-refractivity contribution in [3.8, 4) is 16.9 Å². The minimum Gasteiger partial charge on any atom is -0.327 e. The molecule has 1 amide bonds. The van der Waals surface area contributed by atoms with Crippen LogP contribution in [0, 0.1) is 23.3 Å². The minimum absolute atomic E-state index is 0.132. The Morgan fingerprint density at radius 3 is 2.56 bits per heavy atom. The summed E-state index contributed by atoms with van der Waals surface area (Å²) in [5.41, 5.74) is 3.25. The summed E-state index contributed by atoms with van der Waals surface area (Å²) in [5.74, 6) is -4.68. The maximum absolute atomic E-state index is 14.0. The van der Waals surface area contributed by atoms with Crippen LogP contribution < -0.4 is 0 Å². The fourth-order valence-electron chi connectivity index (χ4n) is 5.57. The molecule has 2 aliphatic rings. The summed E-state index contributed by atoms with van der Waals surface area (Å²) >= 11 is 0. The lowest BCUT2D eigenvalue weighted by atomic mass is 9.81. The average Bonchev–Trinajstić information content (AvgIpc) is 3.44. The second-order valence-electron chi connectivity index (χ2n) is 9.26. The van der Waals surface area contributed by atoms with E-state index in [1.807, 2.05) is 4.90 Å². The zero-order chi connectivity index (χ0) is 25.1. The number of aromatic nitrogens is 4. The molecule has 0 N–H and O–H groups in total. The number of hydrogen-bond donors (Lipinski definition) is 0. The Balaban J connectivity index is 1.39. The smallest absolute Gasteiger partial charge is 0.254 e. The Hall–Kier alpha value is -3.95. The van der Waals surface area contributed by atoms with Crippen molar-refractivity contribution in [2.45, 2.75) is 37.8 Å². The number of fused-ring (bicyclic) bond motifs is 4. The molecule has 6 rings (SSSR count). The van der Waals surface area contributed by atoms with Crippen molar-refractivity contribution in [1.29, 1.82) is 0 Å². The van der Waals surface area contributed by atoms with Crippen molar-refractivity contribution in [3.63, 3.8) is 0 Å². The predicted octanol–water partition coefficient (Wildman–Crippen LogP) is 5.12. The number of piperidine rings is 1. The van der Waals surface area contributed by atoms with Crippen LogP contribution in [-0.4, -0.2) is 36.4 Å². The number of carbonyl (C=O) groups is 1. The number of amides is 1. The maximum atomic E-state index is 14.0. The Morgan fingerprint density at radius 1 is 1.06 bits per heavy atom. The molecule has 1 saturated heterocycles. The summed E-state index contributed by atoms with van der Waals surface area (Å²) in [7, 11) is 1.68. The average molecular weight is 495 g/mol. The van der Waals surface area contributed by atoms with Crippen molar-refractivity contribution in [2.75, 3.05) is 0 Å². The highest BCUT2D eigenvalue weighted by molar-refractivity contribution is 5.95. The molecule has 0 spiro atoms. The van der Waals surface area contributed by atoms with Crippen molar-refractivity contribution in [3.05, 3.63) is 88.9 Å². The second-order valence-corrected chi connectivity index (χ2v) is 9.26. The first-order valence-electron chi connectivity index (χ1n) is 11.7. The highest BCUT2D eigenvalue weighted by Gasteiger charge is 2.43. The fourth-order valence-corrected chi connectivity index (χ4v) is 5.57. The Morgan fingerprint density at radius 2 is 1.83 bits per heavy atom.